The molecule has 0 aliphatic rings. The topological polar surface area (TPSA) is 151 Å². The zero-order chi connectivity index (χ0) is 47.1. The van der Waals surface area contributed by atoms with Crippen LogP contribution in [0.4, 0.5) is 5.69 Å². The Morgan fingerprint density at radius 2 is 1.20 bits per heavy atom. The van der Waals surface area contributed by atoms with Gasteiger partial charge in [0.1, 0.15) is 29.8 Å². The zero-order valence-electron chi connectivity index (χ0n) is 38.3. The Hall–Kier alpha value is -5.65. The van der Waals surface area contributed by atoms with Gasteiger partial charge in [-0.25, -0.2) is 8.42 Å². The van der Waals surface area contributed by atoms with Gasteiger partial charge < -0.3 is 25.3 Å². The highest BCUT2D eigenvalue weighted by Crippen LogP contribution is 2.45. The van der Waals surface area contributed by atoms with Crippen molar-refractivity contribution in [1.29, 1.82) is 0 Å². The van der Waals surface area contributed by atoms with Crippen LogP contribution in [-0.2, 0) is 41.7 Å². The minimum atomic E-state index is -3.92. The lowest BCUT2D eigenvalue weighted by atomic mass is 9.70. The first-order chi connectivity index (χ1) is 30.0. The monoisotopic (exact) mass is 908 g/mol. The van der Waals surface area contributed by atoms with Crippen LogP contribution in [0.5, 0.6) is 17.2 Å². The quantitative estimate of drug-likeness (QED) is 0.0579. The Balaban J connectivity index is 1.41. The van der Waals surface area contributed by atoms with Crippen molar-refractivity contribution >= 4 is 44.7 Å². The maximum absolute atomic E-state index is 14.4. The number of amides is 2. The van der Waals surface area contributed by atoms with Gasteiger partial charge in [0.2, 0.25) is 15.7 Å². The number of nitrogens with one attached hydrogen (secondary N) is 1. The molecule has 0 aliphatic carbocycles. The summed E-state index contributed by atoms with van der Waals surface area (Å²) in [4.78, 5) is 41.8. The number of hydrogen-bond acceptors (Lipinski definition) is 8. The van der Waals surface area contributed by atoms with E-state index in [1.807, 2.05) is 48.5 Å². The van der Waals surface area contributed by atoms with E-state index in [1.165, 1.54) is 36.4 Å². The second-order valence-electron chi connectivity index (χ2n) is 18.3. The first-order valence-corrected chi connectivity index (χ1v) is 23.4. The SMILES string of the molecule is CCC(C)(C)c1cc(C(C)(C)CC)c(C(C(=O)Nc2ccccc2)C(=O)C(C)(C)C)cc1OCCC(Cl)(Oc1ccc(S(=O)(=O)c2ccc(OCc3ccccc3)cc2)cc1)C(N)=O. The number of para-hydroxylation sites is 1. The number of carbonyl (C=O) groups excluding carboxylic acids is 3. The van der Waals surface area contributed by atoms with Gasteiger partial charge in [0.25, 0.3) is 11.0 Å². The number of hydrogen-bond donors (Lipinski definition) is 2. The van der Waals surface area contributed by atoms with Gasteiger partial charge in [-0.15, -0.1) is 0 Å². The van der Waals surface area contributed by atoms with Crippen molar-refractivity contribution in [2.45, 2.75) is 120 Å². The summed E-state index contributed by atoms with van der Waals surface area (Å²) in [5.74, 6) is -1.84. The van der Waals surface area contributed by atoms with Gasteiger partial charge in [0.15, 0.2) is 5.78 Å². The van der Waals surface area contributed by atoms with Gasteiger partial charge in [-0.3, -0.25) is 14.4 Å². The van der Waals surface area contributed by atoms with Gasteiger partial charge in [-0.05, 0) is 107 Å². The number of benzene rings is 5. The van der Waals surface area contributed by atoms with Gasteiger partial charge in [0, 0.05) is 23.1 Å². The Morgan fingerprint density at radius 1 is 0.688 bits per heavy atom. The molecule has 340 valence electrons. The summed E-state index contributed by atoms with van der Waals surface area (Å²) >= 11 is 6.83. The number of Topliss-reactive ketones (excluding diaryl/α,β-unsaturated/α-hetero) is 1. The van der Waals surface area contributed by atoms with Gasteiger partial charge in [0.05, 0.1) is 16.4 Å². The number of halogens is 1. The number of sulfone groups is 1. The zero-order valence-corrected chi connectivity index (χ0v) is 39.9. The van der Waals surface area contributed by atoms with E-state index < -0.39 is 48.9 Å². The second kappa shape index (κ2) is 20.0. The molecule has 0 saturated heterocycles. The van der Waals surface area contributed by atoms with Gasteiger partial charge >= 0.3 is 0 Å². The number of ketones is 1. The number of alkyl halides is 1. The van der Waals surface area contributed by atoms with E-state index in [4.69, 9.17) is 31.5 Å². The fourth-order valence-corrected chi connectivity index (χ4v) is 8.43. The molecule has 12 heteroatoms. The lowest BCUT2D eigenvalue weighted by Crippen LogP contribution is -2.45. The van der Waals surface area contributed by atoms with E-state index in [0.717, 1.165) is 29.5 Å². The average Bonchev–Trinajstić information content (AvgIpc) is 3.26. The maximum atomic E-state index is 14.4. The van der Waals surface area contributed by atoms with E-state index in [2.05, 4.69) is 52.9 Å². The molecule has 64 heavy (non-hydrogen) atoms. The molecule has 5 aromatic carbocycles. The van der Waals surface area contributed by atoms with Crippen molar-refractivity contribution in [3.05, 3.63) is 144 Å². The number of carbonyl (C=O) groups is 3. The highest BCUT2D eigenvalue weighted by atomic mass is 35.5. The number of anilines is 1. The summed E-state index contributed by atoms with van der Waals surface area (Å²) in [7, 11) is -3.92. The fourth-order valence-electron chi connectivity index (χ4n) is 7.00. The molecule has 2 unspecified atom stereocenters. The summed E-state index contributed by atoms with van der Waals surface area (Å²) in [6, 6.07) is 34.2. The Kier molecular flexibility index (Phi) is 15.5. The number of nitrogens with two attached hydrogens (primary N) is 1. The Bertz CT molecular complexity index is 2520. The average molecular weight is 910 g/mol. The van der Waals surface area contributed by atoms with E-state index in [1.54, 1.807) is 51.1 Å². The van der Waals surface area contributed by atoms with Gasteiger partial charge in [-0.1, -0.05) is 129 Å². The standard InChI is InChI=1S/C52H61ClN2O8S/c1-10-50(6,7)42-33-43(51(8,9)11-2)44(32-41(42)45(46(56)49(3,4)5)47(57)55-36-20-16-13-17-21-36)61-31-30-52(53,48(54)58)63-38-24-28-40(29-25-38)64(59,60)39-26-22-37(23-27-39)62-34-35-18-14-12-15-19-35/h12-29,32-33,45H,10-11,30-31,34H2,1-9H3,(H2,54,58)(H,55,57). The molecule has 0 radical (unpaired) electrons. The van der Waals surface area contributed by atoms with Crippen LogP contribution < -0.4 is 25.3 Å². The van der Waals surface area contributed by atoms with Crippen LogP contribution in [0.1, 0.15) is 110 Å². The van der Waals surface area contributed by atoms with Crippen molar-refractivity contribution in [2.75, 3.05) is 11.9 Å². The molecule has 0 saturated carbocycles. The third-order valence-corrected chi connectivity index (χ3v) is 14.1. The molecule has 0 aromatic heterocycles. The largest absolute Gasteiger partial charge is 0.493 e. The van der Waals surface area contributed by atoms with Crippen LogP contribution in [-0.4, -0.2) is 37.7 Å². The van der Waals surface area contributed by atoms with Crippen LogP contribution in [0.3, 0.4) is 0 Å². The molecular weight excluding hydrogens is 848 g/mol. The van der Waals surface area contributed by atoms with Crippen LogP contribution >= 0.6 is 11.6 Å². The summed E-state index contributed by atoms with van der Waals surface area (Å²) in [5, 5.41) is 0.878. The molecular formula is C52H61ClN2O8S. The van der Waals surface area contributed by atoms with Crippen molar-refractivity contribution in [2.24, 2.45) is 11.1 Å². The van der Waals surface area contributed by atoms with Crippen molar-refractivity contribution in [3.8, 4) is 17.2 Å². The number of ether oxygens (including phenoxy) is 3. The van der Waals surface area contributed by atoms with Crippen molar-refractivity contribution < 1.29 is 37.0 Å². The summed E-state index contributed by atoms with van der Waals surface area (Å²) < 4.78 is 45.4. The first-order valence-electron chi connectivity index (χ1n) is 21.5. The smallest absolute Gasteiger partial charge is 0.277 e. The van der Waals surface area contributed by atoms with Crippen molar-refractivity contribution in [3.63, 3.8) is 0 Å². The fraction of sp³-hybridized carbons (Fsp3) is 0.365. The van der Waals surface area contributed by atoms with Gasteiger partial charge in [-0.2, -0.15) is 0 Å². The third-order valence-electron chi connectivity index (χ3n) is 11.8. The maximum Gasteiger partial charge on any atom is 0.277 e. The Labute approximate surface area is 383 Å². The van der Waals surface area contributed by atoms with E-state index in [-0.39, 0.29) is 34.4 Å². The van der Waals surface area contributed by atoms with E-state index >= 15 is 0 Å². The second-order valence-corrected chi connectivity index (χ2v) is 20.9. The molecule has 0 aliphatic heterocycles. The summed E-state index contributed by atoms with van der Waals surface area (Å²) in [6.07, 6.45) is 1.24. The van der Waals surface area contributed by atoms with Crippen LogP contribution in [0, 0.1) is 5.41 Å². The molecule has 0 fully saturated rings. The minimum absolute atomic E-state index is 0.00218. The van der Waals surface area contributed by atoms with Crippen molar-refractivity contribution in [1.82, 2.24) is 0 Å². The third kappa shape index (κ3) is 11.7. The first kappa shape index (κ1) is 49.4. The molecule has 3 N–H and O–H groups in total. The highest BCUT2D eigenvalue weighted by molar-refractivity contribution is 7.91. The lowest BCUT2D eigenvalue weighted by molar-refractivity contribution is -0.133. The molecule has 5 aromatic rings. The predicted octanol–water partition coefficient (Wildman–Crippen LogP) is 11.1. The molecule has 5 rings (SSSR count). The van der Waals surface area contributed by atoms with E-state index in [0.29, 0.717) is 29.4 Å². The van der Waals surface area contributed by atoms with Crippen LogP contribution in [0.15, 0.2) is 131 Å². The minimum Gasteiger partial charge on any atom is -0.493 e. The van der Waals surface area contributed by atoms with Crippen LogP contribution in [0.25, 0.3) is 0 Å². The molecule has 0 heterocycles. The molecule has 10 nitrogen and oxygen atoms in total. The van der Waals surface area contributed by atoms with Crippen LogP contribution in [0.2, 0.25) is 0 Å². The number of primary amides is 1. The Morgan fingerprint density at radius 3 is 1.72 bits per heavy atom. The molecule has 0 bridgehead atoms. The number of rotatable bonds is 20. The normalized spacial score (nSPS) is 13.6. The summed E-state index contributed by atoms with van der Waals surface area (Å²) in [5.41, 5.74) is 7.88. The lowest BCUT2D eigenvalue weighted by Gasteiger charge is -2.35. The summed E-state index contributed by atoms with van der Waals surface area (Å²) in [6.45, 7) is 18.1. The molecule has 0 spiro atoms. The predicted molar refractivity (Wildman–Crippen MR) is 253 cm³/mol. The van der Waals surface area contributed by atoms with E-state index in [9.17, 15) is 22.8 Å². The highest BCUT2D eigenvalue weighted by Gasteiger charge is 2.41. The molecule has 2 amide bonds. The molecule has 2 atom stereocenters.